The van der Waals surface area contributed by atoms with Crippen LogP contribution in [-0.4, -0.2) is 31.9 Å². The third kappa shape index (κ3) is 3.69. The third-order valence-electron chi connectivity index (χ3n) is 3.99. The van der Waals surface area contributed by atoms with Crippen molar-refractivity contribution in [3.05, 3.63) is 71.5 Å². The van der Waals surface area contributed by atoms with E-state index in [1.165, 1.54) is 12.1 Å². The SMILES string of the molecule is O=C(CSc1nnnn1-c1cccc2ccccc12)Nc1cccc(Cl)c1F. The van der Waals surface area contributed by atoms with E-state index >= 15 is 0 Å². The largest absolute Gasteiger partial charge is 0.323 e. The highest BCUT2D eigenvalue weighted by Crippen LogP contribution is 2.26. The fourth-order valence-corrected chi connectivity index (χ4v) is 3.59. The maximum Gasteiger partial charge on any atom is 0.234 e. The van der Waals surface area contributed by atoms with Crippen LogP contribution in [0.1, 0.15) is 0 Å². The first kappa shape index (κ1) is 18.4. The number of benzene rings is 3. The lowest BCUT2D eigenvalue weighted by molar-refractivity contribution is -0.113. The molecule has 0 unspecified atom stereocenters. The van der Waals surface area contributed by atoms with E-state index in [-0.39, 0.29) is 16.5 Å². The second kappa shape index (κ2) is 7.95. The minimum atomic E-state index is -0.664. The molecule has 0 aliphatic rings. The Kier molecular flexibility index (Phi) is 5.23. The molecule has 0 spiro atoms. The summed E-state index contributed by atoms with van der Waals surface area (Å²) in [6.45, 7) is 0. The van der Waals surface area contributed by atoms with Crippen LogP contribution < -0.4 is 5.32 Å². The predicted octanol–water partition coefficient (Wildman–Crippen LogP) is 4.34. The molecule has 9 heteroatoms. The first-order valence-corrected chi connectivity index (χ1v) is 9.63. The van der Waals surface area contributed by atoms with Gasteiger partial charge in [-0.05, 0) is 34.0 Å². The molecular formula is C19H13ClFN5OS. The second-order valence-corrected chi connectivity index (χ2v) is 7.16. The number of halogens is 2. The second-order valence-electron chi connectivity index (χ2n) is 5.81. The Morgan fingerprint density at radius 3 is 2.79 bits per heavy atom. The number of tetrazole rings is 1. The molecule has 0 fully saturated rings. The van der Waals surface area contributed by atoms with Crippen LogP contribution in [0.4, 0.5) is 10.1 Å². The van der Waals surface area contributed by atoms with Gasteiger partial charge in [0, 0.05) is 5.39 Å². The Morgan fingerprint density at radius 1 is 1.11 bits per heavy atom. The summed E-state index contributed by atoms with van der Waals surface area (Å²) in [4.78, 5) is 12.2. The molecule has 1 heterocycles. The highest BCUT2D eigenvalue weighted by molar-refractivity contribution is 7.99. The molecule has 0 aliphatic heterocycles. The van der Waals surface area contributed by atoms with Gasteiger partial charge in [-0.3, -0.25) is 4.79 Å². The number of thioether (sulfide) groups is 1. The van der Waals surface area contributed by atoms with Crippen molar-refractivity contribution in [2.75, 3.05) is 11.1 Å². The molecule has 0 radical (unpaired) electrons. The molecular weight excluding hydrogens is 401 g/mol. The quantitative estimate of drug-likeness (QED) is 0.493. The number of carbonyl (C=O) groups is 1. The number of hydrogen-bond acceptors (Lipinski definition) is 5. The zero-order valence-electron chi connectivity index (χ0n) is 14.3. The highest BCUT2D eigenvalue weighted by atomic mass is 35.5. The van der Waals surface area contributed by atoms with Crippen LogP contribution in [0.15, 0.2) is 65.8 Å². The van der Waals surface area contributed by atoms with E-state index < -0.39 is 11.7 Å². The van der Waals surface area contributed by atoms with Crippen LogP contribution in [0.3, 0.4) is 0 Å². The van der Waals surface area contributed by atoms with Crippen molar-refractivity contribution >= 4 is 45.7 Å². The van der Waals surface area contributed by atoms with E-state index in [0.717, 1.165) is 28.2 Å². The number of nitrogens with zero attached hydrogens (tertiary/aromatic N) is 4. The topological polar surface area (TPSA) is 72.7 Å². The predicted molar refractivity (Wildman–Crippen MR) is 107 cm³/mol. The summed E-state index contributed by atoms with van der Waals surface area (Å²) in [6, 6.07) is 18.1. The number of hydrogen-bond donors (Lipinski definition) is 1. The maximum atomic E-state index is 13.9. The summed E-state index contributed by atoms with van der Waals surface area (Å²) in [5, 5.41) is 16.7. The lowest BCUT2D eigenvalue weighted by atomic mass is 10.1. The molecule has 4 aromatic rings. The molecule has 4 rings (SSSR count). The number of amides is 1. The van der Waals surface area contributed by atoms with Gasteiger partial charge in [0.05, 0.1) is 22.2 Å². The maximum absolute atomic E-state index is 13.9. The molecule has 0 atom stereocenters. The van der Waals surface area contributed by atoms with Crippen molar-refractivity contribution in [1.29, 1.82) is 0 Å². The Bertz CT molecular complexity index is 1160. The first-order chi connectivity index (χ1) is 13.6. The van der Waals surface area contributed by atoms with Crippen LogP contribution >= 0.6 is 23.4 Å². The zero-order valence-corrected chi connectivity index (χ0v) is 15.9. The fraction of sp³-hybridized carbons (Fsp3) is 0.0526. The smallest absolute Gasteiger partial charge is 0.234 e. The summed E-state index contributed by atoms with van der Waals surface area (Å²) in [7, 11) is 0. The molecule has 3 aromatic carbocycles. The average Bonchev–Trinajstić information content (AvgIpc) is 3.18. The van der Waals surface area contributed by atoms with Gasteiger partial charge in [-0.25, -0.2) is 4.39 Å². The minimum absolute atomic E-state index is 0.0110. The summed E-state index contributed by atoms with van der Waals surface area (Å²) in [5.41, 5.74) is 0.846. The normalized spacial score (nSPS) is 10.9. The number of carbonyl (C=O) groups excluding carboxylic acids is 1. The van der Waals surface area contributed by atoms with Crippen LogP contribution in [0.5, 0.6) is 0 Å². The third-order valence-corrected chi connectivity index (χ3v) is 5.20. The Morgan fingerprint density at radius 2 is 1.89 bits per heavy atom. The molecule has 1 aromatic heterocycles. The molecule has 0 saturated heterocycles. The number of rotatable bonds is 5. The van der Waals surface area contributed by atoms with E-state index in [2.05, 4.69) is 20.8 Å². The standard InChI is InChI=1S/C19H13ClFN5OS/c20-14-8-4-9-15(18(14)21)22-17(27)11-28-19-23-24-25-26(19)16-10-3-6-12-5-1-2-7-13(12)16/h1-10H,11H2,(H,22,27). The van der Waals surface area contributed by atoms with Gasteiger partial charge in [-0.2, -0.15) is 4.68 Å². The van der Waals surface area contributed by atoms with Crippen molar-refractivity contribution in [3.63, 3.8) is 0 Å². The zero-order chi connectivity index (χ0) is 19.5. The van der Waals surface area contributed by atoms with Gasteiger partial charge in [-0.15, -0.1) is 5.10 Å². The summed E-state index contributed by atoms with van der Waals surface area (Å²) in [5.74, 6) is -1.04. The van der Waals surface area contributed by atoms with E-state index in [1.54, 1.807) is 10.7 Å². The lowest BCUT2D eigenvalue weighted by Crippen LogP contribution is -2.15. The van der Waals surface area contributed by atoms with Gasteiger partial charge in [0.25, 0.3) is 0 Å². The van der Waals surface area contributed by atoms with Crippen LogP contribution in [0.25, 0.3) is 16.5 Å². The van der Waals surface area contributed by atoms with E-state index in [0.29, 0.717) is 5.16 Å². The van der Waals surface area contributed by atoms with E-state index in [1.807, 2.05) is 42.5 Å². The van der Waals surface area contributed by atoms with Gasteiger partial charge in [-0.1, -0.05) is 65.8 Å². The number of fused-ring (bicyclic) bond motifs is 1. The molecule has 1 N–H and O–H groups in total. The van der Waals surface area contributed by atoms with Gasteiger partial charge < -0.3 is 5.32 Å². The van der Waals surface area contributed by atoms with Crippen molar-refractivity contribution in [1.82, 2.24) is 20.2 Å². The van der Waals surface area contributed by atoms with Gasteiger partial charge in [0.15, 0.2) is 5.82 Å². The summed E-state index contributed by atoms with van der Waals surface area (Å²) in [6.07, 6.45) is 0. The van der Waals surface area contributed by atoms with Gasteiger partial charge >= 0.3 is 0 Å². The van der Waals surface area contributed by atoms with Crippen molar-refractivity contribution in [3.8, 4) is 5.69 Å². The van der Waals surface area contributed by atoms with Crippen molar-refractivity contribution < 1.29 is 9.18 Å². The van der Waals surface area contributed by atoms with Gasteiger partial charge in [0.2, 0.25) is 11.1 Å². The lowest BCUT2D eigenvalue weighted by Gasteiger charge is -2.09. The Hall–Kier alpha value is -2.97. The van der Waals surface area contributed by atoms with E-state index in [9.17, 15) is 9.18 Å². The Balaban J connectivity index is 1.52. The molecule has 6 nitrogen and oxygen atoms in total. The molecule has 0 saturated carbocycles. The average molecular weight is 414 g/mol. The first-order valence-electron chi connectivity index (χ1n) is 8.26. The minimum Gasteiger partial charge on any atom is -0.323 e. The highest BCUT2D eigenvalue weighted by Gasteiger charge is 2.15. The van der Waals surface area contributed by atoms with E-state index in [4.69, 9.17) is 11.6 Å². The van der Waals surface area contributed by atoms with Crippen molar-refractivity contribution in [2.24, 2.45) is 0 Å². The van der Waals surface area contributed by atoms with Crippen molar-refractivity contribution in [2.45, 2.75) is 5.16 Å². The number of nitrogens with one attached hydrogen (secondary N) is 1. The summed E-state index contributed by atoms with van der Waals surface area (Å²) >= 11 is 6.88. The fourth-order valence-electron chi connectivity index (χ4n) is 2.73. The molecule has 140 valence electrons. The Labute approximate surface area is 168 Å². The van der Waals surface area contributed by atoms with Crippen LogP contribution in [0, 0.1) is 5.82 Å². The van der Waals surface area contributed by atoms with Gasteiger partial charge in [0.1, 0.15) is 0 Å². The number of anilines is 1. The molecule has 0 aliphatic carbocycles. The molecule has 28 heavy (non-hydrogen) atoms. The molecule has 1 amide bonds. The van der Waals surface area contributed by atoms with Crippen LogP contribution in [0.2, 0.25) is 5.02 Å². The van der Waals surface area contributed by atoms with Crippen LogP contribution in [-0.2, 0) is 4.79 Å². The number of aromatic nitrogens is 4. The summed E-state index contributed by atoms with van der Waals surface area (Å²) < 4.78 is 15.5. The molecule has 0 bridgehead atoms. The monoisotopic (exact) mass is 413 g/mol.